The van der Waals surface area contributed by atoms with Crippen molar-refractivity contribution in [3.8, 4) is 0 Å². The topological polar surface area (TPSA) is 43.2 Å². The van der Waals surface area contributed by atoms with Crippen molar-refractivity contribution in [3.63, 3.8) is 0 Å². The maximum atomic E-state index is 5.26. The summed E-state index contributed by atoms with van der Waals surface area (Å²) in [6.07, 6.45) is 4.48. The van der Waals surface area contributed by atoms with Crippen LogP contribution in [0.4, 0.5) is 0 Å². The van der Waals surface area contributed by atoms with Gasteiger partial charge in [-0.2, -0.15) is 0 Å². The first kappa shape index (κ1) is 12.1. The second-order valence-electron chi connectivity index (χ2n) is 5.74. The summed E-state index contributed by atoms with van der Waals surface area (Å²) < 4.78 is 7.33. The van der Waals surface area contributed by atoms with E-state index in [1.54, 1.807) is 0 Å². The van der Waals surface area contributed by atoms with Gasteiger partial charge in [-0.1, -0.05) is 19.1 Å². The van der Waals surface area contributed by atoms with Gasteiger partial charge < -0.3 is 4.74 Å². The molecule has 0 aromatic carbocycles. The Kier molecular flexibility index (Phi) is 3.35. The molecule has 0 amide bonds. The number of hydrogen-bond donors (Lipinski definition) is 0. The molecule has 0 aliphatic carbocycles. The number of rotatable bonds is 3. The summed E-state index contributed by atoms with van der Waals surface area (Å²) in [5.74, 6) is 0.464. The fourth-order valence-electron chi connectivity index (χ4n) is 2.68. The molecule has 18 heavy (non-hydrogen) atoms. The number of piperidine rings is 1. The van der Waals surface area contributed by atoms with Crippen molar-refractivity contribution in [3.05, 3.63) is 11.9 Å². The van der Waals surface area contributed by atoms with E-state index in [4.69, 9.17) is 4.74 Å². The molecule has 0 N–H and O–H groups in total. The molecule has 2 fully saturated rings. The van der Waals surface area contributed by atoms with Crippen molar-refractivity contribution in [1.29, 1.82) is 0 Å². The maximum absolute atomic E-state index is 5.26. The summed E-state index contributed by atoms with van der Waals surface area (Å²) in [6, 6.07) is 1.20. The first-order valence-electron chi connectivity index (χ1n) is 6.97. The lowest BCUT2D eigenvalue weighted by atomic mass is 10.0. The first-order chi connectivity index (χ1) is 8.74. The van der Waals surface area contributed by atoms with Crippen LogP contribution in [-0.2, 0) is 4.74 Å². The summed E-state index contributed by atoms with van der Waals surface area (Å²) in [4.78, 5) is 2.56. The molecule has 0 radical (unpaired) electrons. The molecule has 0 atom stereocenters. The summed E-state index contributed by atoms with van der Waals surface area (Å²) in [5.41, 5.74) is 1.10. The van der Waals surface area contributed by atoms with Crippen LogP contribution in [0.25, 0.3) is 0 Å². The quantitative estimate of drug-likeness (QED) is 0.814. The van der Waals surface area contributed by atoms with Crippen LogP contribution in [0.1, 0.15) is 44.3 Å². The highest BCUT2D eigenvalue weighted by Gasteiger charge is 2.30. The van der Waals surface area contributed by atoms with Gasteiger partial charge in [0.1, 0.15) is 0 Å². The standard InChI is InChI=1S/C13H22N4O/c1-10(2)13-7-17(15-14-13)11-3-5-16(6-4-11)12-8-18-9-12/h7,10-12H,3-6,8-9H2,1-2H3. The molecule has 1 aromatic rings. The van der Waals surface area contributed by atoms with Gasteiger partial charge in [0, 0.05) is 19.3 Å². The normalized spacial score (nSPS) is 23.5. The summed E-state index contributed by atoms with van der Waals surface area (Å²) in [5, 5.41) is 8.54. The number of aromatic nitrogens is 3. The average Bonchev–Trinajstić information content (AvgIpc) is 2.77. The number of ether oxygens (including phenoxy) is 1. The minimum Gasteiger partial charge on any atom is -0.378 e. The zero-order valence-corrected chi connectivity index (χ0v) is 11.2. The molecule has 1 aromatic heterocycles. The summed E-state index contributed by atoms with van der Waals surface area (Å²) in [7, 11) is 0. The lowest BCUT2D eigenvalue weighted by Gasteiger charge is -2.41. The maximum Gasteiger partial charge on any atom is 0.0852 e. The number of likely N-dealkylation sites (tertiary alicyclic amines) is 1. The summed E-state index contributed by atoms with van der Waals surface area (Å²) >= 11 is 0. The SMILES string of the molecule is CC(C)c1cn(C2CCN(C3COC3)CC2)nn1. The molecule has 0 bridgehead atoms. The Morgan fingerprint density at radius 1 is 1.22 bits per heavy atom. The van der Waals surface area contributed by atoms with E-state index in [2.05, 4.69) is 39.9 Å². The predicted molar refractivity (Wildman–Crippen MR) is 68.6 cm³/mol. The lowest BCUT2D eigenvalue weighted by molar-refractivity contribution is -0.0734. The van der Waals surface area contributed by atoms with Gasteiger partial charge in [-0.3, -0.25) is 4.90 Å². The molecule has 2 aliphatic rings. The largest absolute Gasteiger partial charge is 0.378 e. The Bertz CT molecular complexity index is 391. The van der Waals surface area contributed by atoms with Crippen molar-refractivity contribution < 1.29 is 4.74 Å². The molecule has 5 nitrogen and oxygen atoms in total. The molecule has 3 rings (SSSR count). The van der Waals surface area contributed by atoms with E-state index in [0.717, 1.165) is 32.0 Å². The lowest BCUT2D eigenvalue weighted by Crippen LogP contribution is -2.51. The van der Waals surface area contributed by atoms with Gasteiger partial charge in [-0.15, -0.1) is 5.10 Å². The van der Waals surface area contributed by atoms with Crippen LogP contribution in [0.2, 0.25) is 0 Å². The molecule has 100 valence electrons. The summed E-state index contributed by atoms with van der Waals surface area (Å²) in [6.45, 7) is 8.49. The van der Waals surface area contributed by atoms with Crippen LogP contribution in [0, 0.1) is 0 Å². The van der Waals surface area contributed by atoms with E-state index in [9.17, 15) is 0 Å². The molecular weight excluding hydrogens is 228 g/mol. The van der Waals surface area contributed by atoms with E-state index in [1.807, 2.05) is 0 Å². The highest BCUT2D eigenvalue weighted by Crippen LogP contribution is 2.25. The average molecular weight is 250 g/mol. The Hall–Kier alpha value is -0.940. The van der Waals surface area contributed by atoms with Crippen molar-refractivity contribution >= 4 is 0 Å². The molecule has 2 saturated heterocycles. The Morgan fingerprint density at radius 3 is 2.44 bits per heavy atom. The third-order valence-corrected chi connectivity index (χ3v) is 4.13. The Labute approximate surface area is 108 Å². The third kappa shape index (κ3) is 2.29. The van der Waals surface area contributed by atoms with Crippen molar-refractivity contribution in [2.45, 2.75) is 44.7 Å². The van der Waals surface area contributed by atoms with Gasteiger partial charge >= 0.3 is 0 Å². The van der Waals surface area contributed by atoms with E-state index < -0.39 is 0 Å². The minimum atomic E-state index is 0.464. The molecule has 5 heteroatoms. The van der Waals surface area contributed by atoms with Gasteiger partial charge in [-0.25, -0.2) is 4.68 Å². The minimum absolute atomic E-state index is 0.464. The molecule has 3 heterocycles. The van der Waals surface area contributed by atoms with E-state index >= 15 is 0 Å². The van der Waals surface area contributed by atoms with Gasteiger partial charge in [-0.05, 0) is 18.8 Å². The van der Waals surface area contributed by atoms with E-state index in [0.29, 0.717) is 18.0 Å². The molecule has 0 saturated carbocycles. The Balaban J connectivity index is 1.57. The van der Waals surface area contributed by atoms with Crippen LogP contribution in [0.3, 0.4) is 0 Å². The van der Waals surface area contributed by atoms with Gasteiger partial charge in [0.25, 0.3) is 0 Å². The van der Waals surface area contributed by atoms with Gasteiger partial charge in [0.05, 0.1) is 31.0 Å². The van der Waals surface area contributed by atoms with Crippen molar-refractivity contribution in [2.75, 3.05) is 26.3 Å². The Morgan fingerprint density at radius 2 is 1.94 bits per heavy atom. The van der Waals surface area contributed by atoms with Gasteiger partial charge in [0.2, 0.25) is 0 Å². The number of nitrogens with zero attached hydrogens (tertiary/aromatic N) is 4. The first-order valence-corrected chi connectivity index (χ1v) is 6.97. The third-order valence-electron chi connectivity index (χ3n) is 4.13. The fraction of sp³-hybridized carbons (Fsp3) is 0.846. The van der Waals surface area contributed by atoms with Crippen LogP contribution >= 0.6 is 0 Å². The second kappa shape index (κ2) is 4.97. The van der Waals surface area contributed by atoms with E-state index in [-0.39, 0.29) is 0 Å². The van der Waals surface area contributed by atoms with Crippen molar-refractivity contribution in [1.82, 2.24) is 19.9 Å². The smallest absolute Gasteiger partial charge is 0.0852 e. The second-order valence-corrected chi connectivity index (χ2v) is 5.74. The zero-order valence-electron chi connectivity index (χ0n) is 11.2. The van der Waals surface area contributed by atoms with Crippen molar-refractivity contribution in [2.24, 2.45) is 0 Å². The van der Waals surface area contributed by atoms with Crippen LogP contribution < -0.4 is 0 Å². The van der Waals surface area contributed by atoms with Crippen LogP contribution in [0.5, 0.6) is 0 Å². The molecule has 0 spiro atoms. The van der Waals surface area contributed by atoms with Crippen LogP contribution in [0.15, 0.2) is 6.20 Å². The monoisotopic (exact) mass is 250 g/mol. The van der Waals surface area contributed by atoms with Crippen LogP contribution in [-0.4, -0.2) is 52.2 Å². The molecule has 2 aliphatic heterocycles. The zero-order chi connectivity index (χ0) is 12.5. The highest BCUT2D eigenvalue weighted by atomic mass is 16.5. The molecule has 0 unspecified atom stereocenters. The van der Waals surface area contributed by atoms with Gasteiger partial charge in [0.15, 0.2) is 0 Å². The predicted octanol–water partition coefficient (Wildman–Crippen LogP) is 1.44. The molecular formula is C13H22N4O. The number of hydrogen-bond acceptors (Lipinski definition) is 4. The fourth-order valence-corrected chi connectivity index (χ4v) is 2.68. The highest BCUT2D eigenvalue weighted by molar-refractivity contribution is 4.99. The van der Waals surface area contributed by atoms with E-state index in [1.165, 1.54) is 12.8 Å².